The number of hydrogen-bond donors (Lipinski definition) is 0. The number of aromatic nitrogens is 4. The van der Waals surface area contributed by atoms with Gasteiger partial charge in [-0.05, 0) is 44.9 Å². The minimum absolute atomic E-state index is 0.0199. The van der Waals surface area contributed by atoms with Crippen molar-refractivity contribution >= 4 is 16.6 Å². The number of anilines is 1. The monoisotopic (exact) mass is 394 g/mol. The van der Waals surface area contributed by atoms with E-state index >= 15 is 0 Å². The molecule has 0 unspecified atom stereocenters. The predicted molar refractivity (Wildman–Crippen MR) is 110 cm³/mol. The van der Waals surface area contributed by atoms with Crippen LogP contribution in [0.5, 0.6) is 0 Å². The van der Waals surface area contributed by atoms with Gasteiger partial charge in [-0.2, -0.15) is 0 Å². The Labute approximate surface area is 169 Å². The van der Waals surface area contributed by atoms with Crippen LogP contribution in [0, 0.1) is 0 Å². The normalized spacial score (nSPS) is 18.1. The Morgan fingerprint density at radius 3 is 2.66 bits per heavy atom. The summed E-state index contributed by atoms with van der Waals surface area (Å²) in [6.45, 7) is 8.38. The summed E-state index contributed by atoms with van der Waals surface area (Å²) in [4.78, 5) is 21.8. The highest BCUT2D eigenvalue weighted by atomic mass is 16.4. The second kappa shape index (κ2) is 7.26. The lowest BCUT2D eigenvalue weighted by molar-refractivity contribution is 0.224. The molecule has 152 valence electrons. The molecule has 0 spiro atoms. The van der Waals surface area contributed by atoms with E-state index in [4.69, 9.17) is 4.42 Å². The third-order valence-electron chi connectivity index (χ3n) is 5.83. The first-order chi connectivity index (χ1) is 14.1. The van der Waals surface area contributed by atoms with E-state index in [2.05, 4.69) is 25.0 Å². The molecule has 3 aromatic rings. The topological polar surface area (TPSA) is 80.3 Å². The third-order valence-corrected chi connectivity index (χ3v) is 5.83. The van der Waals surface area contributed by atoms with Gasteiger partial charge in [0.1, 0.15) is 0 Å². The average Bonchev–Trinajstić information content (AvgIpc) is 3.47. The minimum Gasteiger partial charge on any atom is -0.424 e. The summed E-state index contributed by atoms with van der Waals surface area (Å²) in [5, 5.41) is 9.04. The van der Waals surface area contributed by atoms with Crippen LogP contribution in [-0.2, 0) is 6.54 Å². The van der Waals surface area contributed by atoms with Crippen molar-refractivity contribution in [1.82, 2.24) is 24.6 Å². The zero-order valence-electron chi connectivity index (χ0n) is 16.9. The van der Waals surface area contributed by atoms with Gasteiger partial charge in [0.05, 0.1) is 23.8 Å². The van der Waals surface area contributed by atoms with Crippen molar-refractivity contribution in [2.24, 2.45) is 0 Å². The van der Waals surface area contributed by atoms with Crippen molar-refractivity contribution in [1.29, 1.82) is 0 Å². The molecule has 2 fully saturated rings. The SMILES string of the molecule is CC(C)n1cnc2cc(N3CCN(Cc4nnc(C5CC5)o4)CC3)ccc2c1=O. The molecule has 3 heterocycles. The van der Waals surface area contributed by atoms with E-state index in [0.717, 1.165) is 49.2 Å². The molecule has 5 rings (SSSR count). The van der Waals surface area contributed by atoms with Crippen LogP contribution >= 0.6 is 0 Å². The second-order valence-corrected chi connectivity index (χ2v) is 8.32. The predicted octanol–water partition coefficient (Wildman–Crippen LogP) is 2.56. The molecule has 0 atom stereocenters. The van der Waals surface area contributed by atoms with Gasteiger partial charge in [-0.15, -0.1) is 10.2 Å². The molecule has 2 aromatic heterocycles. The molecule has 1 aliphatic carbocycles. The molecule has 0 bridgehead atoms. The zero-order chi connectivity index (χ0) is 20.0. The largest absolute Gasteiger partial charge is 0.424 e. The molecule has 1 aliphatic heterocycles. The average molecular weight is 394 g/mol. The Morgan fingerprint density at radius 2 is 1.93 bits per heavy atom. The Balaban J connectivity index is 1.25. The fourth-order valence-electron chi connectivity index (χ4n) is 3.87. The van der Waals surface area contributed by atoms with Gasteiger partial charge < -0.3 is 9.32 Å². The molecular weight excluding hydrogens is 368 g/mol. The van der Waals surface area contributed by atoms with Gasteiger partial charge in [0.25, 0.3) is 5.56 Å². The summed E-state index contributed by atoms with van der Waals surface area (Å²) in [6, 6.07) is 6.07. The Kier molecular flexibility index (Phi) is 4.58. The Bertz CT molecular complexity index is 1080. The van der Waals surface area contributed by atoms with Gasteiger partial charge in [-0.3, -0.25) is 14.3 Å². The maximum Gasteiger partial charge on any atom is 0.261 e. The maximum atomic E-state index is 12.6. The molecule has 1 saturated carbocycles. The van der Waals surface area contributed by atoms with Crippen molar-refractivity contribution in [2.45, 2.75) is 45.2 Å². The lowest BCUT2D eigenvalue weighted by Gasteiger charge is -2.35. The highest BCUT2D eigenvalue weighted by Gasteiger charge is 2.29. The van der Waals surface area contributed by atoms with Crippen LogP contribution in [0.15, 0.2) is 33.7 Å². The van der Waals surface area contributed by atoms with Crippen LogP contribution in [0.2, 0.25) is 0 Å². The molecule has 0 radical (unpaired) electrons. The number of benzene rings is 1. The number of hydrogen-bond acceptors (Lipinski definition) is 7. The Morgan fingerprint density at radius 1 is 1.14 bits per heavy atom. The molecule has 8 nitrogen and oxygen atoms in total. The van der Waals surface area contributed by atoms with Gasteiger partial charge in [0.15, 0.2) is 0 Å². The highest BCUT2D eigenvalue weighted by Crippen LogP contribution is 2.39. The van der Waals surface area contributed by atoms with E-state index in [1.54, 1.807) is 10.9 Å². The fraction of sp³-hybridized carbons (Fsp3) is 0.524. The van der Waals surface area contributed by atoms with Gasteiger partial charge in [0.2, 0.25) is 11.8 Å². The van der Waals surface area contributed by atoms with Gasteiger partial charge >= 0.3 is 0 Å². The van der Waals surface area contributed by atoms with E-state index < -0.39 is 0 Å². The number of nitrogens with zero attached hydrogens (tertiary/aromatic N) is 6. The maximum absolute atomic E-state index is 12.6. The first-order valence-corrected chi connectivity index (χ1v) is 10.4. The summed E-state index contributed by atoms with van der Waals surface area (Å²) in [5.41, 5.74) is 1.89. The van der Waals surface area contributed by atoms with Crippen LogP contribution in [0.4, 0.5) is 5.69 Å². The van der Waals surface area contributed by atoms with E-state index in [1.807, 2.05) is 32.0 Å². The van der Waals surface area contributed by atoms with Crippen molar-refractivity contribution < 1.29 is 4.42 Å². The number of fused-ring (bicyclic) bond motifs is 1. The smallest absolute Gasteiger partial charge is 0.261 e. The van der Waals surface area contributed by atoms with Crippen LogP contribution in [-0.4, -0.2) is 50.8 Å². The van der Waals surface area contributed by atoms with Crippen molar-refractivity contribution in [3.8, 4) is 0 Å². The lowest BCUT2D eigenvalue weighted by atomic mass is 10.2. The summed E-state index contributed by atoms with van der Waals surface area (Å²) in [5.74, 6) is 2.02. The molecule has 0 N–H and O–H groups in total. The summed E-state index contributed by atoms with van der Waals surface area (Å²) < 4.78 is 7.46. The minimum atomic E-state index is 0.0199. The van der Waals surface area contributed by atoms with Crippen molar-refractivity contribution in [3.05, 3.63) is 46.7 Å². The zero-order valence-corrected chi connectivity index (χ0v) is 16.9. The number of piperazine rings is 1. The molecule has 2 aliphatic rings. The van der Waals surface area contributed by atoms with E-state index in [9.17, 15) is 4.79 Å². The fourth-order valence-corrected chi connectivity index (χ4v) is 3.87. The summed E-state index contributed by atoms with van der Waals surface area (Å²) in [7, 11) is 0. The van der Waals surface area contributed by atoms with Crippen LogP contribution < -0.4 is 10.5 Å². The van der Waals surface area contributed by atoms with Crippen LogP contribution in [0.3, 0.4) is 0 Å². The molecule has 8 heteroatoms. The second-order valence-electron chi connectivity index (χ2n) is 8.32. The third kappa shape index (κ3) is 3.64. The first kappa shape index (κ1) is 18.3. The van der Waals surface area contributed by atoms with Gasteiger partial charge in [-0.25, -0.2) is 4.98 Å². The Hall–Kier alpha value is -2.74. The summed E-state index contributed by atoms with van der Waals surface area (Å²) >= 11 is 0. The molecule has 0 amide bonds. The number of rotatable bonds is 5. The standard InChI is InChI=1S/C21H26N6O2/c1-14(2)27-13-22-18-11-16(5-6-17(18)21(27)28)26-9-7-25(8-10-26)12-19-23-24-20(29-19)15-3-4-15/h5-6,11,13-15H,3-4,7-10,12H2,1-2H3. The first-order valence-electron chi connectivity index (χ1n) is 10.4. The van der Waals surface area contributed by atoms with E-state index in [1.165, 1.54) is 12.8 Å². The van der Waals surface area contributed by atoms with Gasteiger partial charge in [-0.1, -0.05) is 0 Å². The van der Waals surface area contributed by atoms with Crippen LogP contribution in [0.25, 0.3) is 10.9 Å². The van der Waals surface area contributed by atoms with Crippen molar-refractivity contribution in [2.75, 3.05) is 31.1 Å². The van der Waals surface area contributed by atoms with E-state index in [-0.39, 0.29) is 11.6 Å². The van der Waals surface area contributed by atoms with Gasteiger partial charge in [0, 0.05) is 43.8 Å². The lowest BCUT2D eigenvalue weighted by Crippen LogP contribution is -2.46. The molecule has 1 aromatic carbocycles. The van der Waals surface area contributed by atoms with Crippen molar-refractivity contribution in [3.63, 3.8) is 0 Å². The highest BCUT2D eigenvalue weighted by molar-refractivity contribution is 5.81. The van der Waals surface area contributed by atoms with Crippen LogP contribution in [0.1, 0.15) is 50.4 Å². The quantitative estimate of drug-likeness (QED) is 0.658. The summed E-state index contributed by atoms with van der Waals surface area (Å²) in [6.07, 6.45) is 4.00. The molecular formula is C21H26N6O2. The molecule has 1 saturated heterocycles. The molecule has 29 heavy (non-hydrogen) atoms. The van der Waals surface area contributed by atoms with E-state index in [0.29, 0.717) is 17.8 Å².